The van der Waals surface area contributed by atoms with Crippen LogP contribution in [0, 0.1) is 11.3 Å². The molecule has 0 atom stereocenters. The van der Waals surface area contributed by atoms with Crippen LogP contribution < -0.4 is 0 Å². The van der Waals surface area contributed by atoms with Crippen LogP contribution in [0.3, 0.4) is 0 Å². The number of pyridine rings is 1. The van der Waals surface area contributed by atoms with Crippen molar-refractivity contribution in [2.24, 2.45) is 0 Å². The maximum atomic E-state index is 9.15. The maximum Gasteiger partial charge on any atom is 0.101 e. The molecule has 0 radical (unpaired) electrons. The molecule has 2 aromatic rings. The molecule has 0 amide bonds. The standard InChI is InChI=1S/C14H8Cl2N2/c15-12-3-1-10(2-4-12)7-11(8-17)14-6-5-13(16)9-18-14/h1-7,9H/b11-7+. The SMILES string of the molecule is N#C/C(=C\c1ccc(Cl)cc1)c1ccc(Cl)cn1. The van der Waals surface area contributed by atoms with E-state index in [-0.39, 0.29) is 0 Å². The highest BCUT2D eigenvalue weighted by Gasteiger charge is 2.02. The highest BCUT2D eigenvalue weighted by Crippen LogP contribution is 2.18. The second kappa shape index (κ2) is 5.68. The van der Waals surface area contributed by atoms with Crippen molar-refractivity contribution in [2.45, 2.75) is 0 Å². The van der Waals surface area contributed by atoms with E-state index in [2.05, 4.69) is 11.1 Å². The van der Waals surface area contributed by atoms with E-state index < -0.39 is 0 Å². The van der Waals surface area contributed by atoms with Gasteiger partial charge in [-0.15, -0.1) is 0 Å². The number of hydrogen-bond acceptors (Lipinski definition) is 2. The molecule has 2 nitrogen and oxygen atoms in total. The van der Waals surface area contributed by atoms with E-state index >= 15 is 0 Å². The highest BCUT2D eigenvalue weighted by molar-refractivity contribution is 6.30. The van der Waals surface area contributed by atoms with Crippen LogP contribution in [0.5, 0.6) is 0 Å². The number of aromatic nitrogens is 1. The summed E-state index contributed by atoms with van der Waals surface area (Å²) in [5.74, 6) is 0. The summed E-state index contributed by atoms with van der Waals surface area (Å²) in [5, 5.41) is 10.4. The van der Waals surface area contributed by atoms with Crippen LogP contribution in [0.1, 0.15) is 11.3 Å². The average molecular weight is 275 g/mol. The fourth-order valence-electron chi connectivity index (χ4n) is 1.42. The number of nitrogens with zero attached hydrogens (tertiary/aromatic N) is 2. The lowest BCUT2D eigenvalue weighted by Gasteiger charge is -1.99. The van der Waals surface area contributed by atoms with Gasteiger partial charge in [0.05, 0.1) is 16.3 Å². The number of hydrogen-bond donors (Lipinski definition) is 0. The van der Waals surface area contributed by atoms with Crippen molar-refractivity contribution in [3.05, 3.63) is 63.9 Å². The molecule has 88 valence electrons. The third-order valence-electron chi connectivity index (χ3n) is 2.30. The van der Waals surface area contributed by atoms with Gasteiger partial charge >= 0.3 is 0 Å². The summed E-state index contributed by atoms with van der Waals surface area (Å²) in [6.07, 6.45) is 3.27. The van der Waals surface area contributed by atoms with Crippen molar-refractivity contribution in [1.82, 2.24) is 4.98 Å². The fourth-order valence-corrected chi connectivity index (χ4v) is 1.66. The lowest BCUT2D eigenvalue weighted by atomic mass is 10.1. The van der Waals surface area contributed by atoms with Crippen LogP contribution in [0.15, 0.2) is 42.6 Å². The zero-order chi connectivity index (χ0) is 13.0. The first-order valence-corrected chi connectivity index (χ1v) is 5.94. The van der Waals surface area contributed by atoms with E-state index in [1.807, 2.05) is 12.1 Å². The van der Waals surface area contributed by atoms with Gasteiger partial charge in [0.1, 0.15) is 6.07 Å². The first-order chi connectivity index (χ1) is 8.69. The second-order valence-corrected chi connectivity index (χ2v) is 4.46. The van der Waals surface area contributed by atoms with Crippen molar-refractivity contribution in [2.75, 3.05) is 0 Å². The van der Waals surface area contributed by atoms with Gasteiger partial charge < -0.3 is 0 Å². The van der Waals surface area contributed by atoms with Crippen molar-refractivity contribution in [3.63, 3.8) is 0 Å². The Bertz CT molecular complexity index is 608. The van der Waals surface area contributed by atoms with Crippen LogP contribution in [-0.4, -0.2) is 4.98 Å². The van der Waals surface area contributed by atoms with Gasteiger partial charge in [-0.2, -0.15) is 5.26 Å². The highest BCUT2D eigenvalue weighted by atomic mass is 35.5. The third kappa shape index (κ3) is 3.10. The minimum atomic E-state index is 0.481. The molecule has 0 saturated carbocycles. The monoisotopic (exact) mass is 274 g/mol. The Morgan fingerprint density at radius 2 is 1.72 bits per heavy atom. The van der Waals surface area contributed by atoms with Crippen molar-refractivity contribution >= 4 is 34.9 Å². The number of rotatable bonds is 2. The van der Waals surface area contributed by atoms with Crippen molar-refractivity contribution in [1.29, 1.82) is 5.26 Å². The molecule has 1 heterocycles. The van der Waals surface area contributed by atoms with Crippen molar-refractivity contribution in [3.8, 4) is 6.07 Å². The Hall–Kier alpha value is -1.82. The predicted octanol–water partition coefficient (Wildman–Crippen LogP) is 4.45. The van der Waals surface area contributed by atoms with Gasteiger partial charge in [-0.25, -0.2) is 0 Å². The van der Waals surface area contributed by atoms with Gasteiger partial charge in [0, 0.05) is 11.2 Å². The summed E-state index contributed by atoms with van der Waals surface area (Å²) in [6, 6.07) is 12.8. The second-order valence-electron chi connectivity index (χ2n) is 3.58. The minimum absolute atomic E-state index is 0.481. The summed E-state index contributed by atoms with van der Waals surface area (Å²) in [6.45, 7) is 0. The molecule has 1 aromatic heterocycles. The molecule has 0 unspecified atom stereocenters. The quantitative estimate of drug-likeness (QED) is 0.759. The van der Waals surface area contributed by atoms with Crippen molar-refractivity contribution < 1.29 is 0 Å². The number of benzene rings is 1. The largest absolute Gasteiger partial charge is 0.254 e. The molecular weight excluding hydrogens is 267 g/mol. The summed E-state index contributed by atoms with van der Waals surface area (Å²) in [4.78, 5) is 4.11. The fraction of sp³-hybridized carbons (Fsp3) is 0. The smallest absolute Gasteiger partial charge is 0.101 e. The van der Waals surface area contributed by atoms with Gasteiger partial charge in [0.2, 0.25) is 0 Å². The van der Waals surface area contributed by atoms with Crippen LogP contribution in [-0.2, 0) is 0 Å². The molecule has 0 N–H and O–H groups in total. The molecule has 0 aliphatic heterocycles. The van der Waals surface area contributed by atoms with Gasteiger partial charge in [-0.05, 0) is 35.9 Å². The first-order valence-electron chi connectivity index (χ1n) is 5.18. The average Bonchev–Trinajstić information content (AvgIpc) is 2.39. The Morgan fingerprint density at radius 1 is 1.06 bits per heavy atom. The zero-order valence-corrected chi connectivity index (χ0v) is 10.8. The molecule has 1 aromatic carbocycles. The summed E-state index contributed by atoms with van der Waals surface area (Å²) in [5.41, 5.74) is 1.97. The molecule has 0 fully saturated rings. The van der Waals surface area contributed by atoms with Gasteiger partial charge in [0.15, 0.2) is 0 Å². The molecule has 0 saturated heterocycles. The van der Waals surface area contributed by atoms with Crippen LogP contribution >= 0.6 is 23.2 Å². The van der Waals surface area contributed by atoms with Crippen LogP contribution in [0.2, 0.25) is 10.0 Å². The van der Waals surface area contributed by atoms with E-state index in [9.17, 15) is 0 Å². The van der Waals surface area contributed by atoms with Crippen LogP contribution in [0.25, 0.3) is 11.6 Å². The number of nitriles is 1. The predicted molar refractivity (Wildman–Crippen MR) is 74.2 cm³/mol. The Kier molecular flexibility index (Phi) is 3.99. The van der Waals surface area contributed by atoms with E-state index in [0.29, 0.717) is 21.3 Å². The molecule has 4 heteroatoms. The third-order valence-corrected chi connectivity index (χ3v) is 2.78. The van der Waals surface area contributed by atoms with E-state index in [1.54, 1.807) is 30.3 Å². The van der Waals surface area contributed by atoms with Gasteiger partial charge in [0.25, 0.3) is 0 Å². The summed E-state index contributed by atoms with van der Waals surface area (Å²) >= 11 is 11.6. The van der Waals surface area contributed by atoms with Gasteiger partial charge in [-0.3, -0.25) is 4.98 Å². The van der Waals surface area contributed by atoms with E-state index in [1.165, 1.54) is 6.20 Å². The Morgan fingerprint density at radius 3 is 2.28 bits per heavy atom. The van der Waals surface area contributed by atoms with E-state index in [0.717, 1.165) is 5.56 Å². The summed E-state index contributed by atoms with van der Waals surface area (Å²) < 4.78 is 0. The zero-order valence-electron chi connectivity index (χ0n) is 9.27. The number of allylic oxidation sites excluding steroid dienone is 1. The maximum absolute atomic E-state index is 9.15. The molecule has 2 rings (SSSR count). The lowest BCUT2D eigenvalue weighted by molar-refractivity contribution is 1.28. The molecule has 18 heavy (non-hydrogen) atoms. The topological polar surface area (TPSA) is 36.7 Å². The van der Waals surface area contributed by atoms with Crippen LogP contribution in [0.4, 0.5) is 0 Å². The Balaban J connectivity index is 2.37. The molecule has 0 bridgehead atoms. The lowest BCUT2D eigenvalue weighted by Crippen LogP contribution is -1.86. The van der Waals surface area contributed by atoms with Gasteiger partial charge in [-0.1, -0.05) is 35.3 Å². The Labute approximate surface area is 115 Å². The summed E-state index contributed by atoms with van der Waals surface area (Å²) in [7, 11) is 0. The first kappa shape index (κ1) is 12.6. The molecular formula is C14H8Cl2N2. The minimum Gasteiger partial charge on any atom is -0.254 e. The van der Waals surface area contributed by atoms with E-state index in [4.69, 9.17) is 28.5 Å². The number of halogens is 2. The normalized spacial score (nSPS) is 11.1. The molecule has 0 spiro atoms. The molecule has 0 aliphatic carbocycles. The molecule has 0 aliphatic rings.